The van der Waals surface area contributed by atoms with Crippen LogP contribution in [-0.4, -0.2) is 58.6 Å². The van der Waals surface area contributed by atoms with Gasteiger partial charge >= 0.3 is 5.97 Å². The Bertz CT molecular complexity index is 2310. The Balaban J connectivity index is 1.04. The Kier molecular flexibility index (Phi) is 14.5. The number of carbonyl (C=O) groups excluding carboxylic acids is 5. The number of fused-ring (bicyclic) bond motifs is 2. The third-order valence-electron chi connectivity index (χ3n) is 13.3. The average Bonchev–Trinajstić information content (AvgIpc) is 3.26. The number of benzene rings is 5. The zero-order valence-corrected chi connectivity index (χ0v) is 36.8. The van der Waals surface area contributed by atoms with E-state index in [1.54, 1.807) is 11.8 Å². The maximum absolute atomic E-state index is 14.5. The van der Waals surface area contributed by atoms with Gasteiger partial charge in [0.15, 0.2) is 0 Å². The predicted octanol–water partition coefficient (Wildman–Crippen LogP) is 13.3. The number of rotatable bonds is 25. The van der Waals surface area contributed by atoms with Crippen molar-refractivity contribution in [1.29, 1.82) is 0 Å². The van der Waals surface area contributed by atoms with E-state index in [2.05, 4.69) is 20.4 Å². The van der Waals surface area contributed by atoms with Crippen LogP contribution in [0.15, 0.2) is 60.7 Å². The zero-order chi connectivity index (χ0) is 43.0. The molecule has 0 N–H and O–H groups in total. The fourth-order valence-corrected chi connectivity index (χ4v) is 9.96. The minimum absolute atomic E-state index is 0.124. The van der Waals surface area contributed by atoms with E-state index in [0.29, 0.717) is 51.8 Å². The van der Waals surface area contributed by atoms with E-state index in [1.807, 2.05) is 48.5 Å². The maximum Gasteiger partial charge on any atom is 0.333 e. The number of nitrogens with zero attached hydrogens (tertiary/aromatic N) is 2. The quantitative estimate of drug-likeness (QED) is 0.0145. The highest BCUT2D eigenvalue weighted by Gasteiger charge is 2.39. The van der Waals surface area contributed by atoms with Gasteiger partial charge < -0.3 is 4.74 Å². The lowest BCUT2D eigenvalue weighted by Crippen LogP contribution is -2.47. The molecule has 0 aromatic heterocycles. The van der Waals surface area contributed by atoms with Gasteiger partial charge in [-0.1, -0.05) is 147 Å². The molecule has 0 radical (unpaired) electrons. The largest absolute Gasteiger partial charge is 0.462 e. The molecule has 8 nitrogen and oxygen atoms in total. The summed E-state index contributed by atoms with van der Waals surface area (Å²) in [5.41, 5.74) is 2.67. The molecule has 61 heavy (non-hydrogen) atoms. The molecule has 0 spiro atoms. The predicted molar refractivity (Wildman–Crippen MR) is 247 cm³/mol. The fourth-order valence-electron chi connectivity index (χ4n) is 9.96. The Morgan fingerprint density at radius 3 is 1.30 bits per heavy atom. The first kappa shape index (κ1) is 44.0. The standard InChI is InChI=1S/C53H64N2O6/c1-5-7-9-19-23-36(24-20-10-8-6-2)55-51(58)43-31-27-39-37-25-29-41-47-42(30-26-38(45(37)47)40-28-32-44(52(55)59)48(43)46(39)40)50(57)54(49(41)56)33-21-17-15-13-11-12-14-16-18-22-34-61-53(60)35(3)4/h25-32,36H,3,5-24,33-34H2,1-2,4H3. The van der Waals surface area contributed by atoms with Gasteiger partial charge in [-0.2, -0.15) is 0 Å². The number of hydrogen-bond donors (Lipinski definition) is 0. The van der Waals surface area contributed by atoms with E-state index in [1.165, 1.54) is 17.7 Å². The molecular formula is C53H64N2O6. The number of imide groups is 2. The van der Waals surface area contributed by atoms with E-state index in [4.69, 9.17) is 4.74 Å². The summed E-state index contributed by atoms with van der Waals surface area (Å²) in [7, 11) is 0. The smallest absolute Gasteiger partial charge is 0.333 e. The van der Waals surface area contributed by atoms with Crippen LogP contribution in [0.25, 0.3) is 43.1 Å². The van der Waals surface area contributed by atoms with Crippen molar-refractivity contribution < 1.29 is 28.7 Å². The molecule has 0 saturated carbocycles. The van der Waals surface area contributed by atoms with Gasteiger partial charge in [-0.25, -0.2) is 4.79 Å². The summed E-state index contributed by atoms with van der Waals surface area (Å²) in [5, 5.41) is 6.84. The maximum atomic E-state index is 14.5. The number of esters is 1. The fraction of sp³-hybridized carbons (Fsp3) is 0.491. The summed E-state index contributed by atoms with van der Waals surface area (Å²) in [5.74, 6) is -1.21. The molecular weight excluding hydrogens is 761 g/mol. The van der Waals surface area contributed by atoms with Gasteiger partial charge in [0.2, 0.25) is 0 Å². The van der Waals surface area contributed by atoms with Crippen molar-refractivity contribution in [2.45, 2.75) is 155 Å². The van der Waals surface area contributed by atoms with Crippen LogP contribution in [0.4, 0.5) is 0 Å². The molecule has 5 aromatic rings. The van der Waals surface area contributed by atoms with Crippen molar-refractivity contribution in [3.8, 4) is 0 Å². The normalized spacial score (nSPS) is 14.0. The minimum Gasteiger partial charge on any atom is -0.462 e. The topological polar surface area (TPSA) is 101 Å². The lowest BCUT2D eigenvalue weighted by molar-refractivity contribution is -0.139. The molecule has 0 fully saturated rings. The van der Waals surface area contributed by atoms with Crippen LogP contribution >= 0.6 is 0 Å². The Morgan fingerprint density at radius 1 is 0.508 bits per heavy atom. The Morgan fingerprint density at radius 2 is 0.885 bits per heavy atom. The highest BCUT2D eigenvalue weighted by Crippen LogP contribution is 2.46. The first-order chi connectivity index (χ1) is 29.7. The third kappa shape index (κ3) is 8.96. The molecule has 2 aliphatic rings. The highest BCUT2D eigenvalue weighted by molar-refractivity contribution is 6.41. The molecule has 0 saturated heterocycles. The molecule has 322 valence electrons. The van der Waals surface area contributed by atoms with Gasteiger partial charge in [0.05, 0.1) is 6.61 Å². The molecule has 0 unspecified atom stereocenters. The Hall–Kier alpha value is -5.11. The van der Waals surface area contributed by atoms with Gasteiger partial charge in [-0.05, 0) is 89.2 Å². The van der Waals surface area contributed by atoms with E-state index in [-0.39, 0.29) is 35.6 Å². The monoisotopic (exact) mass is 824 g/mol. The van der Waals surface area contributed by atoms with Gasteiger partial charge in [0.1, 0.15) is 0 Å². The molecule has 0 bridgehead atoms. The van der Waals surface area contributed by atoms with Crippen molar-refractivity contribution in [2.24, 2.45) is 0 Å². The van der Waals surface area contributed by atoms with Crippen LogP contribution in [0.3, 0.4) is 0 Å². The van der Waals surface area contributed by atoms with E-state index in [9.17, 15) is 24.0 Å². The number of unbranched alkanes of at least 4 members (excludes halogenated alkanes) is 15. The second-order valence-corrected chi connectivity index (χ2v) is 17.7. The van der Waals surface area contributed by atoms with Gasteiger partial charge in [0, 0.05) is 51.2 Å². The second kappa shape index (κ2) is 20.2. The summed E-state index contributed by atoms with van der Waals surface area (Å²) >= 11 is 0. The summed E-state index contributed by atoms with van der Waals surface area (Å²) in [6.07, 6.45) is 20.9. The molecule has 7 rings (SSSR count). The molecule has 4 amide bonds. The van der Waals surface area contributed by atoms with Crippen LogP contribution in [-0.2, 0) is 9.53 Å². The highest BCUT2D eigenvalue weighted by atomic mass is 16.5. The molecule has 8 heteroatoms. The third-order valence-corrected chi connectivity index (χ3v) is 13.3. The van der Waals surface area contributed by atoms with Crippen LogP contribution in [0, 0.1) is 0 Å². The molecule has 2 heterocycles. The van der Waals surface area contributed by atoms with Crippen LogP contribution in [0.2, 0.25) is 0 Å². The van der Waals surface area contributed by atoms with Crippen LogP contribution < -0.4 is 0 Å². The molecule has 2 aliphatic heterocycles. The lowest BCUT2D eigenvalue weighted by atomic mass is 9.82. The second-order valence-electron chi connectivity index (χ2n) is 17.7. The summed E-state index contributed by atoms with van der Waals surface area (Å²) in [6, 6.07) is 15.4. The Labute approximate surface area is 361 Å². The molecule has 0 aliphatic carbocycles. The van der Waals surface area contributed by atoms with Crippen molar-refractivity contribution in [3.05, 3.63) is 82.9 Å². The van der Waals surface area contributed by atoms with Crippen molar-refractivity contribution in [3.63, 3.8) is 0 Å². The van der Waals surface area contributed by atoms with E-state index in [0.717, 1.165) is 148 Å². The van der Waals surface area contributed by atoms with E-state index >= 15 is 0 Å². The molecule has 0 atom stereocenters. The first-order valence-corrected chi connectivity index (χ1v) is 23.5. The summed E-state index contributed by atoms with van der Waals surface area (Å²) in [4.78, 5) is 71.6. The van der Waals surface area contributed by atoms with Crippen LogP contribution in [0.5, 0.6) is 0 Å². The minimum atomic E-state index is -0.315. The van der Waals surface area contributed by atoms with Gasteiger partial charge in [-0.3, -0.25) is 29.0 Å². The zero-order valence-electron chi connectivity index (χ0n) is 36.8. The summed E-state index contributed by atoms with van der Waals surface area (Å²) < 4.78 is 5.16. The average molecular weight is 825 g/mol. The van der Waals surface area contributed by atoms with Crippen molar-refractivity contribution in [2.75, 3.05) is 13.2 Å². The van der Waals surface area contributed by atoms with Crippen LogP contribution in [0.1, 0.15) is 191 Å². The number of amides is 4. The SMILES string of the molecule is C=C(C)C(=O)OCCCCCCCCCCCCN1C(=O)c2ccc3c4ccc5c6c(ccc(c7ccc(c2c37)C1=O)c64)C(=O)N(C(CCCCCC)CCCCCC)C5=O. The summed E-state index contributed by atoms with van der Waals surface area (Å²) in [6.45, 7) is 10.5. The first-order valence-electron chi connectivity index (χ1n) is 23.5. The van der Waals surface area contributed by atoms with Gasteiger partial charge in [-0.15, -0.1) is 0 Å². The number of carbonyl (C=O) groups is 5. The molecule has 5 aromatic carbocycles. The van der Waals surface area contributed by atoms with Crippen molar-refractivity contribution in [1.82, 2.24) is 9.80 Å². The number of hydrogen-bond acceptors (Lipinski definition) is 6. The van der Waals surface area contributed by atoms with Crippen molar-refractivity contribution >= 4 is 72.7 Å². The number of ether oxygens (including phenoxy) is 1. The lowest BCUT2D eigenvalue weighted by Gasteiger charge is -2.35. The van der Waals surface area contributed by atoms with E-state index < -0.39 is 0 Å². The van der Waals surface area contributed by atoms with Gasteiger partial charge in [0.25, 0.3) is 23.6 Å².